The highest BCUT2D eigenvalue weighted by Crippen LogP contribution is 2.29. The Morgan fingerprint density at radius 1 is 0.955 bits per heavy atom. The van der Waals surface area contributed by atoms with E-state index in [-0.39, 0.29) is 66.5 Å². The molecule has 0 aliphatic carbocycles. The number of carbonyl (C=O) groups is 4. The van der Waals surface area contributed by atoms with Crippen LogP contribution in [0.15, 0.2) is 0 Å². The molecule has 7 atom stereocenters. The lowest BCUT2D eigenvalue weighted by Crippen LogP contribution is -2.54. The molecule has 3 amide bonds. The van der Waals surface area contributed by atoms with Crippen molar-refractivity contribution in [1.82, 2.24) is 20.4 Å². The highest BCUT2D eigenvalue weighted by atomic mass is 16.5. The number of hydrogen-bond donors (Lipinski definition) is 2. The van der Waals surface area contributed by atoms with Gasteiger partial charge in [0.15, 0.2) is 0 Å². The Labute approximate surface area is 270 Å². The number of likely N-dealkylation sites (tertiary alicyclic amines) is 1. The molecule has 262 valence electrons. The summed E-state index contributed by atoms with van der Waals surface area (Å²) in [6.45, 7) is 22.1. The van der Waals surface area contributed by atoms with E-state index < -0.39 is 12.1 Å². The van der Waals surface area contributed by atoms with Gasteiger partial charge in [0.25, 0.3) is 0 Å². The molecular formula is C34H70N4O6. The van der Waals surface area contributed by atoms with Crippen LogP contribution < -0.4 is 10.6 Å². The maximum absolute atomic E-state index is 13.5. The fraction of sp³-hybridized carbons (Fsp3) is 0.882. The van der Waals surface area contributed by atoms with E-state index in [9.17, 15) is 19.2 Å². The van der Waals surface area contributed by atoms with Crippen LogP contribution in [-0.2, 0) is 28.7 Å². The SMILES string of the molecule is CC.CCC.CCC.CCC(C)C(C(CC(=O)N1CCCC1C(OC)C(C)C(C)=O)OC)N(C)C(=O)CNC(=O)C(C)NC. The molecule has 2 N–H and O–H groups in total. The van der Waals surface area contributed by atoms with Crippen LogP contribution in [-0.4, -0.2) is 105 Å². The summed E-state index contributed by atoms with van der Waals surface area (Å²) in [6, 6.07) is -0.942. The lowest BCUT2D eigenvalue weighted by molar-refractivity contribution is -0.145. The van der Waals surface area contributed by atoms with Crippen LogP contribution in [0.3, 0.4) is 0 Å². The molecule has 1 heterocycles. The van der Waals surface area contributed by atoms with Gasteiger partial charge in [-0.25, -0.2) is 0 Å². The molecular weight excluding hydrogens is 560 g/mol. The van der Waals surface area contributed by atoms with Gasteiger partial charge in [0.05, 0.1) is 43.3 Å². The molecule has 0 aromatic heterocycles. The zero-order valence-corrected chi connectivity index (χ0v) is 31.0. The highest BCUT2D eigenvalue weighted by molar-refractivity contribution is 5.87. The van der Waals surface area contributed by atoms with E-state index in [1.165, 1.54) is 12.8 Å². The van der Waals surface area contributed by atoms with E-state index in [4.69, 9.17) is 9.47 Å². The van der Waals surface area contributed by atoms with Crippen LogP contribution in [0.5, 0.6) is 0 Å². The van der Waals surface area contributed by atoms with Gasteiger partial charge in [0.2, 0.25) is 17.7 Å². The van der Waals surface area contributed by atoms with Gasteiger partial charge in [0.1, 0.15) is 5.78 Å². The number of nitrogens with zero attached hydrogens (tertiary/aromatic N) is 2. The Morgan fingerprint density at radius 3 is 1.89 bits per heavy atom. The fourth-order valence-electron chi connectivity index (χ4n) is 4.98. The molecule has 0 spiro atoms. The van der Waals surface area contributed by atoms with Crippen LogP contribution in [0.2, 0.25) is 0 Å². The molecule has 0 aromatic carbocycles. The molecule has 1 rings (SSSR count). The monoisotopic (exact) mass is 631 g/mol. The number of ether oxygens (including phenoxy) is 2. The number of ketones is 1. The van der Waals surface area contributed by atoms with Gasteiger partial charge in [-0.1, -0.05) is 81.6 Å². The summed E-state index contributed by atoms with van der Waals surface area (Å²) in [6.07, 6.45) is 4.11. The zero-order chi connectivity index (χ0) is 35.0. The number of amides is 3. The molecule has 1 aliphatic rings. The molecule has 1 aliphatic heterocycles. The van der Waals surface area contributed by atoms with Crippen LogP contribution >= 0.6 is 0 Å². The van der Waals surface area contributed by atoms with Crippen molar-refractivity contribution in [3.8, 4) is 0 Å². The number of rotatable bonds is 15. The number of carbonyl (C=O) groups excluding carboxylic acids is 4. The average Bonchev–Trinajstić information content (AvgIpc) is 3.50. The lowest BCUT2D eigenvalue weighted by atomic mass is 9.90. The van der Waals surface area contributed by atoms with Crippen molar-refractivity contribution in [2.24, 2.45) is 11.8 Å². The van der Waals surface area contributed by atoms with Crippen molar-refractivity contribution in [3.05, 3.63) is 0 Å². The Morgan fingerprint density at radius 2 is 1.48 bits per heavy atom. The van der Waals surface area contributed by atoms with Crippen molar-refractivity contribution in [3.63, 3.8) is 0 Å². The predicted molar refractivity (Wildman–Crippen MR) is 182 cm³/mol. The molecule has 0 radical (unpaired) electrons. The second kappa shape index (κ2) is 27.3. The largest absolute Gasteiger partial charge is 0.379 e. The van der Waals surface area contributed by atoms with E-state index in [0.717, 1.165) is 19.3 Å². The minimum absolute atomic E-state index is 0.0316. The normalized spacial score (nSPS) is 17.9. The molecule has 7 unspecified atom stereocenters. The minimum Gasteiger partial charge on any atom is -0.379 e. The maximum atomic E-state index is 13.5. The van der Waals surface area contributed by atoms with Crippen LogP contribution in [0.25, 0.3) is 0 Å². The van der Waals surface area contributed by atoms with Gasteiger partial charge in [-0.05, 0) is 39.7 Å². The zero-order valence-electron chi connectivity index (χ0n) is 31.0. The van der Waals surface area contributed by atoms with E-state index in [2.05, 4.69) is 38.3 Å². The summed E-state index contributed by atoms with van der Waals surface area (Å²) in [5.41, 5.74) is 0. The summed E-state index contributed by atoms with van der Waals surface area (Å²) in [5.74, 6) is -0.811. The third-order valence-corrected chi connectivity index (χ3v) is 7.77. The second-order valence-electron chi connectivity index (χ2n) is 11.4. The van der Waals surface area contributed by atoms with E-state index in [1.54, 1.807) is 47.1 Å². The predicted octanol–water partition coefficient (Wildman–Crippen LogP) is 5.08. The standard InChI is InChI=1S/C26H48N4O6.2C3H8.C2H6/c1-10-16(2)24(29(7)23(33)15-28-26(34)18(4)27-6)21(35-8)14-22(32)30-13-11-12-20(30)25(36-9)17(3)19(5)31;2*1-3-2;1-2/h16-18,20-21,24-25,27H,10-15H2,1-9H3,(H,28,34);2*3H2,1-2H3;1-2H3. The molecule has 10 heteroatoms. The van der Waals surface area contributed by atoms with Crippen molar-refractivity contribution in [2.75, 3.05) is 41.4 Å². The van der Waals surface area contributed by atoms with Gasteiger partial charge in [-0.15, -0.1) is 0 Å². The number of hydrogen-bond acceptors (Lipinski definition) is 7. The molecule has 0 bridgehead atoms. The van der Waals surface area contributed by atoms with Crippen LogP contribution in [0, 0.1) is 11.8 Å². The quantitative estimate of drug-likeness (QED) is 0.259. The molecule has 0 aromatic rings. The molecule has 10 nitrogen and oxygen atoms in total. The summed E-state index contributed by atoms with van der Waals surface area (Å²) >= 11 is 0. The van der Waals surface area contributed by atoms with E-state index in [0.29, 0.717) is 6.54 Å². The van der Waals surface area contributed by atoms with Gasteiger partial charge in [-0.3, -0.25) is 19.2 Å². The van der Waals surface area contributed by atoms with Gasteiger partial charge in [0, 0.05) is 33.7 Å². The Kier molecular flexibility index (Phi) is 28.8. The first-order valence-corrected chi connectivity index (χ1v) is 16.8. The van der Waals surface area contributed by atoms with Gasteiger partial charge >= 0.3 is 0 Å². The Bertz CT molecular complexity index is 779. The Hall–Kier alpha value is -2.04. The molecule has 1 fully saturated rings. The summed E-state index contributed by atoms with van der Waals surface area (Å²) in [4.78, 5) is 54.0. The van der Waals surface area contributed by atoms with Crippen molar-refractivity contribution in [2.45, 2.75) is 145 Å². The minimum atomic E-state index is -0.527. The molecule has 0 saturated carbocycles. The summed E-state index contributed by atoms with van der Waals surface area (Å²) in [5, 5.41) is 5.51. The average molecular weight is 631 g/mol. The molecule has 1 saturated heterocycles. The van der Waals surface area contributed by atoms with Crippen molar-refractivity contribution >= 4 is 23.5 Å². The van der Waals surface area contributed by atoms with E-state index in [1.807, 2.05) is 39.5 Å². The van der Waals surface area contributed by atoms with E-state index >= 15 is 0 Å². The van der Waals surface area contributed by atoms with Crippen molar-refractivity contribution < 1.29 is 28.7 Å². The first-order valence-electron chi connectivity index (χ1n) is 16.8. The smallest absolute Gasteiger partial charge is 0.242 e. The van der Waals surface area contributed by atoms with Crippen LogP contribution in [0.4, 0.5) is 0 Å². The number of nitrogens with one attached hydrogen (secondary N) is 2. The first-order chi connectivity index (χ1) is 20.8. The summed E-state index contributed by atoms with van der Waals surface area (Å²) in [7, 11) is 6.51. The van der Waals surface area contributed by atoms with Crippen molar-refractivity contribution in [1.29, 1.82) is 0 Å². The third-order valence-electron chi connectivity index (χ3n) is 7.77. The van der Waals surface area contributed by atoms with Crippen LogP contribution in [0.1, 0.15) is 115 Å². The lowest BCUT2D eigenvalue weighted by Gasteiger charge is -2.39. The topological polar surface area (TPSA) is 117 Å². The Balaban J connectivity index is -0.00000189. The van der Waals surface area contributed by atoms with Gasteiger partial charge in [-0.2, -0.15) is 0 Å². The first kappa shape index (κ1) is 46.4. The maximum Gasteiger partial charge on any atom is 0.242 e. The number of methoxy groups -OCH3 is 2. The number of likely N-dealkylation sites (N-methyl/N-ethyl adjacent to an activating group) is 2. The highest BCUT2D eigenvalue weighted by Gasteiger charge is 2.41. The summed E-state index contributed by atoms with van der Waals surface area (Å²) < 4.78 is 11.5. The third kappa shape index (κ3) is 16.3. The fourth-order valence-corrected chi connectivity index (χ4v) is 4.98. The molecule has 44 heavy (non-hydrogen) atoms. The van der Waals surface area contributed by atoms with Gasteiger partial charge < -0.3 is 29.9 Å². The number of Topliss-reactive ketones (excluding diaryl/α,β-unsaturated/α-hetero) is 1. The second-order valence-corrected chi connectivity index (χ2v) is 11.4.